The van der Waals surface area contributed by atoms with Crippen LogP contribution in [0.2, 0.25) is 0 Å². The third kappa shape index (κ3) is 5.37. The van der Waals surface area contributed by atoms with Crippen LogP contribution in [0.4, 0.5) is 0 Å². The van der Waals surface area contributed by atoms with Gasteiger partial charge >= 0.3 is 0 Å². The zero-order chi connectivity index (χ0) is 21.7. The number of methoxy groups -OCH3 is 1. The predicted octanol–water partition coefficient (Wildman–Crippen LogP) is 4.34. The zero-order valence-corrected chi connectivity index (χ0v) is 18.8. The van der Waals surface area contributed by atoms with Crippen molar-refractivity contribution in [3.8, 4) is 5.75 Å². The largest absolute Gasteiger partial charge is 0.497 e. The Morgan fingerprint density at radius 2 is 2.03 bits per heavy atom. The molecule has 0 aromatic heterocycles. The standard InChI is InChI=1S/C24H31N3O2S/c1-16(25)23(24(28)26-12-11-21-6-5-13-27(21)3)30-17(2)18-7-8-20-15-22(29-4)10-9-19(20)14-18/h7-10,14-15,21H,2,5-6,11-13,25H2,1,3-4H3,(H,26,28)/b23-16-. The first-order valence-corrected chi connectivity index (χ1v) is 11.1. The lowest BCUT2D eigenvalue weighted by molar-refractivity contribution is -0.116. The van der Waals surface area contributed by atoms with Gasteiger partial charge in [-0.15, -0.1) is 0 Å². The molecule has 1 heterocycles. The van der Waals surface area contributed by atoms with Crippen molar-refractivity contribution in [2.24, 2.45) is 5.73 Å². The molecule has 0 bridgehead atoms. The number of carbonyl (C=O) groups excluding carboxylic acids is 1. The van der Waals surface area contributed by atoms with E-state index in [-0.39, 0.29) is 5.91 Å². The molecule has 1 atom stereocenters. The first kappa shape index (κ1) is 22.2. The first-order chi connectivity index (χ1) is 14.4. The lowest BCUT2D eigenvalue weighted by Gasteiger charge is -2.19. The molecule has 0 radical (unpaired) electrons. The van der Waals surface area contributed by atoms with Crippen molar-refractivity contribution >= 4 is 33.3 Å². The van der Waals surface area contributed by atoms with Gasteiger partial charge in [0, 0.05) is 23.2 Å². The summed E-state index contributed by atoms with van der Waals surface area (Å²) in [7, 11) is 3.81. The molecular formula is C24H31N3O2S. The fraction of sp³-hybridized carbons (Fsp3) is 0.375. The lowest BCUT2D eigenvalue weighted by Crippen LogP contribution is -2.32. The van der Waals surface area contributed by atoms with E-state index < -0.39 is 0 Å². The van der Waals surface area contributed by atoms with Gasteiger partial charge in [0.25, 0.3) is 5.91 Å². The van der Waals surface area contributed by atoms with Gasteiger partial charge < -0.3 is 20.7 Å². The van der Waals surface area contributed by atoms with E-state index in [1.54, 1.807) is 14.0 Å². The van der Waals surface area contributed by atoms with E-state index in [4.69, 9.17) is 10.5 Å². The van der Waals surface area contributed by atoms with Gasteiger partial charge in [0.1, 0.15) is 5.75 Å². The monoisotopic (exact) mass is 425 g/mol. The Morgan fingerprint density at radius 1 is 1.30 bits per heavy atom. The van der Waals surface area contributed by atoms with Crippen molar-refractivity contribution in [3.63, 3.8) is 0 Å². The number of likely N-dealkylation sites (tertiary alicyclic amines) is 1. The van der Waals surface area contributed by atoms with E-state index in [0.29, 0.717) is 23.2 Å². The number of hydrogen-bond donors (Lipinski definition) is 2. The number of nitrogens with one attached hydrogen (secondary N) is 1. The van der Waals surface area contributed by atoms with Crippen LogP contribution in [-0.2, 0) is 4.79 Å². The van der Waals surface area contributed by atoms with Crippen molar-refractivity contribution in [2.75, 3.05) is 27.2 Å². The molecule has 5 nitrogen and oxygen atoms in total. The van der Waals surface area contributed by atoms with Gasteiger partial charge in [0.2, 0.25) is 0 Å². The van der Waals surface area contributed by atoms with Gasteiger partial charge in [0.15, 0.2) is 0 Å². The van der Waals surface area contributed by atoms with Crippen LogP contribution in [0.3, 0.4) is 0 Å². The number of ether oxygens (including phenoxy) is 1. The van der Waals surface area contributed by atoms with Gasteiger partial charge in [0.05, 0.1) is 12.0 Å². The summed E-state index contributed by atoms with van der Waals surface area (Å²) in [6, 6.07) is 12.6. The Hall–Kier alpha value is -2.44. The molecule has 1 unspecified atom stereocenters. The SMILES string of the molecule is C=C(S/C(C(=O)NCCC1CCCN1C)=C(/C)N)c1ccc2cc(OC)ccc2c1. The van der Waals surface area contributed by atoms with Gasteiger partial charge in [-0.2, -0.15) is 0 Å². The zero-order valence-electron chi connectivity index (χ0n) is 18.0. The second-order valence-electron chi connectivity index (χ2n) is 7.79. The Bertz CT molecular complexity index is 966. The summed E-state index contributed by atoms with van der Waals surface area (Å²) >= 11 is 1.33. The summed E-state index contributed by atoms with van der Waals surface area (Å²) in [6.07, 6.45) is 3.39. The summed E-state index contributed by atoms with van der Waals surface area (Å²) in [6.45, 7) is 7.73. The number of hydrogen-bond acceptors (Lipinski definition) is 5. The number of fused-ring (bicyclic) bond motifs is 1. The Balaban J connectivity index is 1.64. The maximum Gasteiger partial charge on any atom is 0.259 e. The third-order valence-corrected chi connectivity index (χ3v) is 6.79. The second kappa shape index (κ2) is 10.0. The van der Waals surface area contributed by atoms with Crippen LogP contribution in [0, 0.1) is 0 Å². The van der Waals surface area contributed by atoms with E-state index in [1.165, 1.54) is 24.6 Å². The Kier molecular flexibility index (Phi) is 7.45. The first-order valence-electron chi connectivity index (χ1n) is 10.3. The molecule has 2 aromatic rings. The molecule has 2 aromatic carbocycles. The molecule has 6 heteroatoms. The van der Waals surface area contributed by atoms with Crippen molar-refractivity contribution in [1.29, 1.82) is 0 Å². The van der Waals surface area contributed by atoms with E-state index >= 15 is 0 Å². The Labute approximate surface area is 183 Å². The molecule has 1 amide bonds. The number of nitrogens with two attached hydrogens (primary N) is 1. The van der Waals surface area contributed by atoms with Crippen LogP contribution >= 0.6 is 11.8 Å². The number of rotatable bonds is 8. The van der Waals surface area contributed by atoms with E-state index in [2.05, 4.69) is 29.9 Å². The number of amides is 1. The highest BCUT2D eigenvalue weighted by Crippen LogP contribution is 2.35. The van der Waals surface area contributed by atoms with Crippen molar-refractivity contribution in [1.82, 2.24) is 10.2 Å². The molecular weight excluding hydrogens is 394 g/mol. The highest BCUT2D eigenvalue weighted by Gasteiger charge is 2.21. The number of thioether (sulfide) groups is 1. The van der Waals surface area contributed by atoms with Gasteiger partial charge in [-0.1, -0.05) is 36.5 Å². The van der Waals surface area contributed by atoms with Crippen LogP contribution in [0.5, 0.6) is 5.75 Å². The Morgan fingerprint density at radius 3 is 2.70 bits per heavy atom. The van der Waals surface area contributed by atoms with Crippen LogP contribution in [0.15, 0.2) is 53.6 Å². The average molecular weight is 426 g/mol. The quantitative estimate of drug-likeness (QED) is 0.616. The lowest BCUT2D eigenvalue weighted by atomic mass is 10.1. The number of nitrogens with zero attached hydrogens (tertiary/aromatic N) is 1. The topological polar surface area (TPSA) is 67.6 Å². The molecule has 160 valence electrons. The molecule has 1 saturated heterocycles. The summed E-state index contributed by atoms with van der Waals surface area (Å²) in [4.78, 5) is 16.4. The molecule has 0 aliphatic carbocycles. The van der Waals surface area contributed by atoms with Crippen molar-refractivity contribution in [2.45, 2.75) is 32.2 Å². The van der Waals surface area contributed by atoms with E-state index in [1.807, 2.05) is 30.3 Å². The number of carbonyl (C=O) groups is 1. The average Bonchev–Trinajstić information content (AvgIpc) is 3.15. The smallest absolute Gasteiger partial charge is 0.259 e. The molecule has 0 saturated carbocycles. The molecule has 3 rings (SSSR count). The highest BCUT2D eigenvalue weighted by molar-refractivity contribution is 8.12. The van der Waals surface area contributed by atoms with Crippen molar-refractivity contribution in [3.05, 3.63) is 59.1 Å². The number of allylic oxidation sites excluding steroid dienone is 1. The van der Waals surface area contributed by atoms with E-state index in [9.17, 15) is 4.79 Å². The minimum Gasteiger partial charge on any atom is -0.497 e. The summed E-state index contributed by atoms with van der Waals surface area (Å²) < 4.78 is 5.29. The molecule has 3 N–H and O–H groups in total. The summed E-state index contributed by atoms with van der Waals surface area (Å²) in [5.74, 6) is 0.695. The summed E-state index contributed by atoms with van der Waals surface area (Å²) in [5.41, 5.74) is 7.51. The van der Waals surface area contributed by atoms with Crippen LogP contribution < -0.4 is 15.8 Å². The van der Waals surface area contributed by atoms with Crippen LogP contribution in [-0.4, -0.2) is 44.1 Å². The highest BCUT2D eigenvalue weighted by atomic mass is 32.2. The minimum atomic E-state index is -0.132. The normalized spacial score (nSPS) is 17.6. The fourth-order valence-electron chi connectivity index (χ4n) is 3.79. The van der Waals surface area contributed by atoms with E-state index in [0.717, 1.165) is 40.0 Å². The predicted molar refractivity (Wildman–Crippen MR) is 127 cm³/mol. The fourth-order valence-corrected chi connectivity index (χ4v) is 4.61. The summed E-state index contributed by atoms with van der Waals surface area (Å²) in [5, 5.41) is 5.22. The minimum absolute atomic E-state index is 0.132. The maximum absolute atomic E-state index is 12.8. The van der Waals surface area contributed by atoms with Gasteiger partial charge in [-0.05, 0) is 74.3 Å². The molecule has 0 spiro atoms. The molecule has 1 aliphatic heterocycles. The molecule has 30 heavy (non-hydrogen) atoms. The van der Waals surface area contributed by atoms with Crippen molar-refractivity contribution < 1.29 is 9.53 Å². The maximum atomic E-state index is 12.8. The van der Waals surface area contributed by atoms with Gasteiger partial charge in [-0.3, -0.25) is 4.79 Å². The van der Waals surface area contributed by atoms with Gasteiger partial charge in [-0.25, -0.2) is 0 Å². The van der Waals surface area contributed by atoms with Crippen LogP contribution in [0.1, 0.15) is 31.7 Å². The molecule has 1 aliphatic rings. The van der Waals surface area contributed by atoms with Crippen LogP contribution in [0.25, 0.3) is 15.7 Å². The molecule has 1 fully saturated rings. The second-order valence-corrected chi connectivity index (χ2v) is 8.89. The third-order valence-electron chi connectivity index (χ3n) is 5.59. The number of benzene rings is 2.